The molecule has 0 saturated heterocycles. The summed E-state index contributed by atoms with van der Waals surface area (Å²) in [5, 5.41) is 14.8. The van der Waals surface area contributed by atoms with Crippen molar-refractivity contribution in [3.63, 3.8) is 0 Å². The molecule has 0 unspecified atom stereocenters. The normalized spacial score (nSPS) is 10.4. The van der Waals surface area contributed by atoms with Crippen LogP contribution in [0.5, 0.6) is 5.75 Å². The van der Waals surface area contributed by atoms with Crippen molar-refractivity contribution in [3.8, 4) is 5.75 Å². The SMILES string of the molecule is O=C(Nc1ccc2nc[nH]c2c1)Nc1ccccc1O. The highest BCUT2D eigenvalue weighted by Crippen LogP contribution is 2.22. The number of amides is 2. The number of phenolic OH excluding ortho intramolecular Hbond substituents is 1. The molecule has 2 amide bonds. The number of nitrogens with one attached hydrogen (secondary N) is 3. The van der Waals surface area contributed by atoms with Crippen LogP contribution in [-0.2, 0) is 0 Å². The Kier molecular flexibility index (Phi) is 2.96. The number of aromatic amines is 1. The zero-order valence-corrected chi connectivity index (χ0v) is 10.4. The molecular formula is C14H12N4O2. The van der Waals surface area contributed by atoms with Gasteiger partial charge in [0.25, 0.3) is 0 Å². The number of hydrogen-bond acceptors (Lipinski definition) is 3. The van der Waals surface area contributed by atoms with Crippen molar-refractivity contribution in [2.24, 2.45) is 0 Å². The number of phenols is 1. The number of aromatic nitrogens is 2. The van der Waals surface area contributed by atoms with Crippen molar-refractivity contribution in [1.29, 1.82) is 0 Å². The van der Waals surface area contributed by atoms with E-state index in [1.165, 1.54) is 6.07 Å². The van der Waals surface area contributed by atoms with Crippen molar-refractivity contribution >= 4 is 28.4 Å². The van der Waals surface area contributed by atoms with Crippen molar-refractivity contribution in [1.82, 2.24) is 9.97 Å². The van der Waals surface area contributed by atoms with Gasteiger partial charge in [0.1, 0.15) is 5.75 Å². The van der Waals surface area contributed by atoms with Gasteiger partial charge in [0.2, 0.25) is 0 Å². The maximum absolute atomic E-state index is 11.8. The molecule has 1 aromatic heterocycles. The average molecular weight is 268 g/mol. The van der Waals surface area contributed by atoms with E-state index in [0.717, 1.165) is 11.0 Å². The van der Waals surface area contributed by atoms with Gasteiger partial charge >= 0.3 is 6.03 Å². The minimum atomic E-state index is -0.426. The number of aromatic hydroxyl groups is 1. The first-order valence-electron chi connectivity index (χ1n) is 6.01. The monoisotopic (exact) mass is 268 g/mol. The predicted molar refractivity (Wildman–Crippen MR) is 76.8 cm³/mol. The van der Waals surface area contributed by atoms with Gasteiger partial charge in [0.15, 0.2) is 0 Å². The summed E-state index contributed by atoms with van der Waals surface area (Å²) in [6.07, 6.45) is 1.59. The first-order chi connectivity index (χ1) is 9.72. The molecule has 0 aliphatic heterocycles. The van der Waals surface area contributed by atoms with E-state index < -0.39 is 6.03 Å². The fraction of sp³-hybridized carbons (Fsp3) is 0. The van der Waals surface area contributed by atoms with Gasteiger partial charge in [-0.15, -0.1) is 0 Å². The van der Waals surface area contributed by atoms with Gasteiger partial charge in [0.05, 0.1) is 23.0 Å². The molecular weight excluding hydrogens is 256 g/mol. The van der Waals surface area contributed by atoms with Crippen LogP contribution in [0.1, 0.15) is 0 Å². The van der Waals surface area contributed by atoms with E-state index in [0.29, 0.717) is 11.4 Å². The molecule has 0 spiro atoms. The lowest BCUT2D eigenvalue weighted by Gasteiger charge is -2.08. The van der Waals surface area contributed by atoms with Gasteiger partial charge in [-0.25, -0.2) is 9.78 Å². The van der Waals surface area contributed by atoms with Crippen LogP contribution < -0.4 is 10.6 Å². The van der Waals surface area contributed by atoms with Crippen molar-refractivity contribution < 1.29 is 9.90 Å². The van der Waals surface area contributed by atoms with Crippen molar-refractivity contribution in [2.75, 3.05) is 10.6 Å². The first kappa shape index (κ1) is 12.0. The molecule has 0 aliphatic carbocycles. The van der Waals surface area contributed by atoms with E-state index in [2.05, 4.69) is 20.6 Å². The second-order valence-corrected chi connectivity index (χ2v) is 4.23. The molecule has 6 heteroatoms. The Morgan fingerprint density at radius 2 is 2.00 bits per heavy atom. The molecule has 6 nitrogen and oxygen atoms in total. The van der Waals surface area contributed by atoms with E-state index in [-0.39, 0.29) is 5.75 Å². The van der Waals surface area contributed by atoms with Crippen LogP contribution in [0.25, 0.3) is 11.0 Å². The van der Waals surface area contributed by atoms with Crippen LogP contribution in [0.4, 0.5) is 16.2 Å². The summed E-state index contributed by atoms with van der Waals surface area (Å²) in [7, 11) is 0. The third kappa shape index (κ3) is 2.39. The van der Waals surface area contributed by atoms with Crippen molar-refractivity contribution in [3.05, 3.63) is 48.8 Å². The van der Waals surface area contributed by atoms with Gasteiger partial charge in [-0.2, -0.15) is 0 Å². The Labute approximate surface area is 114 Å². The number of hydrogen-bond donors (Lipinski definition) is 4. The molecule has 100 valence electrons. The minimum absolute atomic E-state index is 0.0201. The lowest BCUT2D eigenvalue weighted by atomic mass is 10.3. The molecule has 0 saturated carbocycles. The fourth-order valence-corrected chi connectivity index (χ4v) is 1.88. The van der Waals surface area contributed by atoms with Crippen LogP contribution >= 0.6 is 0 Å². The summed E-state index contributed by atoms with van der Waals surface area (Å²) < 4.78 is 0. The smallest absolute Gasteiger partial charge is 0.323 e. The van der Waals surface area contributed by atoms with Crippen LogP contribution in [0.15, 0.2) is 48.8 Å². The van der Waals surface area contributed by atoms with Crippen LogP contribution in [-0.4, -0.2) is 21.1 Å². The zero-order chi connectivity index (χ0) is 13.9. The highest BCUT2D eigenvalue weighted by molar-refractivity contribution is 6.01. The molecule has 4 N–H and O–H groups in total. The Balaban J connectivity index is 1.74. The number of benzene rings is 2. The van der Waals surface area contributed by atoms with Gasteiger partial charge in [0, 0.05) is 5.69 Å². The third-order valence-electron chi connectivity index (χ3n) is 2.83. The third-order valence-corrected chi connectivity index (χ3v) is 2.83. The van der Waals surface area contributed by atoms with Crippen LogP contribution in [0.3, 0.4) is 0 Å². The second-order valence-electron chi connectivity index (χ2n) is 4.23. The highest BCUT2D eigenvalue weighted by Gasteiger charge is 2.06. The second kappa shape index (κ2) is 4.93. The van der Waals surface area contributed by atoms with Gasteiger partial charge < -0.3 is 20.7 Å². The molecule has 1 heterocycles. The fourth-order valence-electron chi connectivity index (χ4n) is 1.88. The lowest BCUT2D eigenvalue weighted by molar-refractivity contribution is 0.262. The number of carbonyl (C=O) groups is 1. The van der Waals surface area contributed by atoms with Crippen LogP contribution in [0, 0.1) is 0 Å². The molecule has 3 rings (SSSR count). The predicted octanol–water partition coefficient (Wildman–Crippen LogP) is 2.91. The number of rotatable bonds is 2. The van der Waals surface area contributed by atoms with Crippen molar-refractivity contribution in [2.45, 2.75) is 0 Å². The van der Waals surface area contributed by atoms with E-state index in [1.807, 2.05) is 0 Å². The standard InChI is InChI=1S/C14H12N4O2/c19-13-4-2-1-3-11(13)18-14(20)17-9-5-6-10-12(7-9)16-8-15-10/h1-8,19H,(H,15,16)(H2,17,18,20). The molecule has 0 radical (unpaired) electrons. The number of carbonyl (C=O) groups excluding carboxylic acids is 1. The number of urea groups is 1. The Morgan fingerprint density at radius 1 is 1.15 bits per heavy atom. The van der Waals surface area contributed by atoms with E-state index in [4.69, 9.17) is 0 Å². The molecule has 0 aliphatic rings. The molecule has 0 bridgehead atoms. The van der Waals surface area contributed by atoms with Gasteiger partial charge in [-0.1, -0.05) is 12.1 Å². The summed E-state index contributed by atoms with van der Waals surface area (Å²) in [6, 6.07) is 11.5. The summed E-state index contributed by atoms with van der Waals surface area (Å²) in [4.78, 5) is 18.9. The lowest BCUT2D eigenvalue weighted by Crippen LogP contribution is -2.19. The minimum Gasteiger partial charge on any atom is -0.506 e. The molecule has 0 atom stereocenters. The number of imidazole rings is 1. The average Bonchev–Trinajstić information content (AvgIpc) is 2.89. The Bertz CT molecular complexity index is 766. The molecule has 2 aromatic carbocycles. The summed E-state index contributed by atoms with van der Waals surface area (Å²) in [5.74, 6) is 0.0201. The molecule has 3 aromatic rings. The quantitative estimate of drug-likeness (QED) is 0.539. The number of fused-ring (bicyclic) bond motifs is 1. The number of H-pyrrole nitrogens is 1. The van der Waals surface area contributed by atoms with Crippen LogP contribution in [0.2, 0.25) is 0 Å². The number of nitrogens with zero attached hydrogens (tertiary/aromatic N) is 1. The first-order valence-corrected chi connectivity index (χ1v) is 6.01. The number of anilines is 2. The summed E-state index contributed by atoms with van der Waals surface area (Å²) in [5.41, 5.74) is 2.66. The van der Waals surface area contributed by atoms with E-state index >= 15 is 0 Å². The maximum atomic E-state index is 11.8. The topological polar surface area (TPSA) is 90.0 Å². The van der Waals surface area contributed by atoms with Gasteiger partial charge in [-0.3, -0.25) is 0 Å². The van der Waals surface area contributed by atoms with Gasteiger partial charge in [-0.05, 0) is 30.3 Å². The number of para-hydroxylation sites is 2. The largest absolute Gasteiger partial charge is 0.506 e. The highest BCUT2D eigenvalue weighted by atomic mass is 16.3. The zero-order valence-electron chi connectivity index (χ0n) is 10.4. The Morgan fingerprint density at radius 3 is 2.85 bits per heavy atom. The molecule has 20 heavy (non-hydrogen) atoms. The Hall–Kier alpha value is -3.02. The summed E-state index contributed by atoms with van der Waals surface area (Å²) >= 11 is 0. The maximum Gasteiger partial charge on any atom is 0.323 e. The molecule has 0 fully saturated rings. The van der Waals surface area contributed by atoms with E-state index in [9.17, 15) is 9.90 Å². The van der Waals surface area contributed by atoms with E-state index in [1.54, 1.807) is 42.7 Å². The summed E-state index contributed by atoms with van der Waals surface area (Å²) in [6.45, 7) is 0.